The third-order valence-corrected chi connectivity index (χ3v) is 4.74. The van der Waals surface area contributed by atoms with Crippen LogP contribution in [0.25, 0.3) is 0 Å². The Kier molecular flexibility index (Phi) is 5.25. The summed E-state index contributed by atoms with van der Waals surface area (Å²) in [6, 6.07) is 5.93. The van der Waals surface area contributed by atoms with Crippen molar-refractivity contribution in [3.8, 4) is 0 Å². The summed E-state index contributed by atoms with van der Waals surface area (Å²) in [7, 11) is 0. The molecule has 2 N–H and O–H groups in total. The molecular weight excluding hydrogens is 297 g/mol. The van der Waals surface area contributed by atoms with Crippen LogP contribution in [0.3, 0.4) is 0 Å². The predicted molar refractivity (Wildman–Crippen MR) is 85.3 cm³/mol. The zero-order valence-corrected chi connectivity index (χ0v) is 13.3. The quantitative estimate of drug-likeness (QED) is 0.899. The Balaban J connectivity index is 1.84. The summed E-state index contributed by atoms with van der Waals surface area (Å²) in [5.74, 6) is 0.111. The highest BCUT2D eigenvalue weighted by atomic mass is 19.1. The summed E-state index contributed by atoms with van der Waals surface area (Å²) in [6.07, 6.45) is 0.946. The summed E-state index contributed by atoms with van der Waals surface area (Å²) < 4.78 is 19.1. The number of carbonyl (C=O) groups is 1. The van der Waals surface area contributed by atoms with Gasteiger partial charge in [0.15, 0.2) is 0 Å². The van der Waals surface area contributed by atoms with E-state index < -0.39 is 6.04 Å². The van der Waals surface area contributed by atoms with Crippen LogP contribution in [-0.4, -0.2) is 61.6 Å². The maximum atomic E-state index is 13.7. The van der Waals surface area contributed by atoms with Crippen LogP contribution in [-0.2, 0) is 9.53 Å². The number of benzene rings is 1. The molecule has 3 rings (SSSR count). The number of halogens is 1. The minimum atomic E-state index is -0.439. The van der Waals surface area contributed by atoms with E-state index in [0.29, 0.717) is 50.9 Å². The number of morpholine rings is 1. The summed E-state index contributed by atoms with van der Waals surface area (Å²) in [4.78, 5) is 17.1. The zero-order chi connectivity index (χ0) is 16.2. The highest BCUT2D eigenvalue weighted by Crippen LogP contribution is 2.27. The fourth-order valence-electron chi connectivity index (χ4n) is 3.42. The minimum absolute atomic E-state index is 0.0495. The SMILES string of the molecule is NCC1CCN(C(=O)C(c2cccc(F)c2)N2CCOCC2)C1. The maximum absolute atomic E-state index is 13.7. The van der Waals surface area contributed by atoms with Gasteiger partial charge in [-0.15, -0.1) is 0 Å². The Morgan fingerprint density at radius 3 is 2.78 bits per heavy atom. The molecule has 0 aromatic heterocycles. The van der Waals surface area contributed by atoms with E-state index >= 15 is 0 Å². The van der Waals surface area contributed by atoms with Gasteiger partial charge in [-0.1, -0.05) is 12.1 Å². The molecule has 0 radical (unpaired) electrons. The van der Waals surface area contributed by atoms with Gasteiger partial charge in [0.1, 0.15) is 11.9 Å². The van der Waals surface area contributed by atoms with Crippen molar-refractivity contribution in [2.45, 2.75) is 12.5 Å². The van der Waals surface area contributed by atoms with Crippen LogP contribution in [0.1, 0.15) is 18.0 Å². The summed E-state index contributed by atoms with van der Waals surface area (Å²) in [6.45, 7) is 4.60. The number of rotatable bonds is 4. The molecule has 126 valence electrons. The van der Waals surface area contributed by atoms with Gasteiger partial charge < -0.3 is 15.4 Å². The van der Waals surface area contributed by atoms with Gasteiger partial charge in [-0.05, 0) is 36.6 Å². The topological polar surface area (TPSA) is 58.8 Å². The average molecular weight is 321 g/mol. The van der Waals surface area contributed by atoms with Crippen LogP contribution in [0.2, 0.25) is 0 Å². The lowest BCUT2D eigenvalue weighted by Crippen LogP contribution is -2.46. The fourth-order valence-corrected chi connectivity index (χ4v) is 3.42. The molecule has 2 unspecified atom stereocenters. The Hall–Kier alpha value is -1.50. The van der Waals surface area contributed by atoms with Gasteiger partial charge in [0, 0.05) is 26.2 Å². The van der Waals surface area contributed by atoms with Crippen LogP contribution in [0, 0.1) is 11.7 Å². The first kappa shape index (κ1) is 16.4. The van der Waals surface area contributed by atoms with E-state index in [1.165, 1.54) is 12.1 Å². The number of amides is 1. The lowest BCUT2D eigenvalue weighted by Gasteiger charge is -2.36. The van der Waals surface area contributed by atoms with Crippen molar-refractivity contribution in [1.29, 1.82) is 0 Å². The monoisotopic (exact) mass is 321 g/mol. The molecule has 1 aromatic carbocycles. The Bertz CT molecular complexity index is 548. The maximum Gasteiger partial charge on any atom is 0.244 e. The molecule has 2 saturated heterocycles. The molecule has 5 nitrogen and oxygen atoms in total. The molecule has 0 aliphatic carbocycles. The molecule has 2 atom stereocenters. The van der Waals surface area contributed by atoms with Crippen molar-refractivity contribution in [2.24, 2.45) is 11.7 Å². The van der Waals surface area contributed by atoms with Gasteiger partial charge in [-0.3, -0.25) is 9.69 Å². The number of ether oxygens (including phenoxy) is 1. The van der Waals surface area contributed by atoms with E-state index in [4.69, 9.17) is 10.5 Å². The third-order valence-electron chi connectivity index (χ3n) is 4.74. The van der Waals surface area contributed by atoms with E-state index in [0.717, 1.165) is 13.0 Å². The molecular formula is C17H24FN3O2. The standard InChI is InChI=1S/C17H24FN3O2/c18-15-3-1-2-14(10-15)16(20-6-8-23-9-7-20)17(22)21-5-4-13(11-19)12-21/h1-3,10,13,16H,4-9,11-12,19H2. The van der Waals surface area contributed by atoms with Gasteiger partial charge in [0.2, 0.25) is 5.91 Å². The van der Waals surface area contributed by atoms with Crippen LogP contribution in [0.4, 0.5) is 4.39 Å². The highest BCUT2D eigenvalue weighted by Gasteiger charge is 2.35. The van der Waals surface area contributed by atoms with Gasteiger partial charge in [-0.2, -0.15) is 0 Å². The molecule has 23 heavy (non-hydrogen) atoms. The molecule has 1 amide bonds. The van der Waals surface area contributed by atoms with E-state index in [1.54, 1.807) is 6.07 Å². The number of nitrogens with two attached hydrogens (primary N) is 1. The van der Waals surface area contributed by atoms with Crippen LogP contribution < -0.4 is 5.73 Å². The number of nitrogens with zero attached hydrogens (tertiary/aromatic N) is 2. The summed E-state index contributed by atoms with van der Waals surface area (Å²) >= 11 is 0. The van der Waals surface area contributed by atoms with E-state index in [2.05, 4.69) is 4.90 Å². The van der Waals surface area contributed by atoms with Crippen molar-refractivity contribution >= 4 is 5.91 Å². The first-order chi connectivity index (χ1) is 11.2. The second kappa shape index (κ2) is 7.38. The molecule has 0 bridgehead atoms. The first-order valence-electron chi connectivity index (χ1n) is 8.25. The Morgan fingerprint density at radius 2 is 2.13 bits per heavy atom. The number of likely N-dealkylation sites (tertiary alicyclic amines) is 1. The van der Waals surface area contributed by atoms with Crippen LogP contribution >= 0.6 is 0 Å². The van der Waals surface area contributed by atoms with Crippen molar-refractivity contribution in [3.63, 3.8) is 0 Å². The second-order valence-corrected chi connectivity index (χ2v) is 6.28. The average Bonchev–Trinajstić information content (AvgIpc) is 3.05. The normalized spacial score (nSPS) is 23.9. The molecule has 2 fully saturated rings. The first-order valence-corrected chi connectivity index (χ1v) is 8.25. The number of carbonyl (C=O) groups excluding carboxylic acids is 1. The molecule has 1 aromatic rings. The second-order valence-electron chi connectivity index (χ2n) is 6.28. The van der Waals surface area contributed by atoms with Gasteiger partial charge in [-0.25, -0.2) is 4.39 Å². The van der Waals surface area contributed by atoms with E-state index in [1.807, 2.05) is 11.0 Å². The zero-order valence-electron chi connectivity index (χ0n) is 13.3. The van der Waals surface area contributed by atoms with E-state index in [9.17, 15) is 9.18 Å². The summed E-state index contributed by atoms with van der Waals surface area (Å²) in [5.41, 5.74) is 6.45. The van der Waals surface area contributed by atoms with Gasteiger partial charge >= 0.3 is 0 Å². The van der Waals surface area contributed by atoms with Crippen molar-refractivity contribution in [3.05, 3.63) is 35.6 Å². The number of hydrogen-bond donors (Lipinski definition) is 1. The molecule has 0 spiro atoms. The largest absolute Gasteiger partial charge is 0.379 e. The van der Waals surface area contributed by atoms with Crippen molar-refractivity contribution < 1.29 is 13.9 Å². The molecule has 2 heterocycles. The molecule has 6 heteroatoms. The lowest BCUT2D eigenvalue weighted by molar-refractivity contribution is -0.138. The van der Waals surface area contributed by atoms with Gasteiger partial charge in [0.25, 0.3) is 0 Å². The Morgan fingerprint density at radius 1 is 1.35 bits per heavy atom. The predicted octanol–water partition coefficient (Wildman–Crippen LogP) is 1.01. The lowest BCUT2D eigenvalue weighted by atomic mass is 10.0. The minimum Gasteiger partial charge on any atom is -0.379 e. The van der Waals surface area contributed by atoms with Crippen LogP contribution in [0.15, 0.2) is 24.3 Å². The summed E-state index contributed by atoms with van der Waals surface area (Å²) in [5, 5.41) is 0. The smallest absolute Gasteiger partial charge is 0.244 e. The molecule has 2 aliphatic rings. The van der Waals surface area contributed by atoms with Gasteiger partial charge in [0.05, 0.1) is 13.2 Å². The van der Waals surface area contributed by atoms with Crippen LogP contribution in [0.5, 0.6) is 0 Å². The van der Waals surface area contributed by atoms with E-state index in [-0.39, 0.29) is 11.7 Å². The fraction of sp³-hybridized carbons (Fsp3) is 0.588. The third kappa shape index (κ3) is 3.71. The molecule has 0 saturated carbocycles. The Labute approximate surface area is 136 Å². The molecule has 2 aliphatic heterocycles. The highest BCUT2D eigenvalue weighted by molar-refractivity contribution is 5.83. The van der Waals surface area contributed by atoms with Crippen molar-refractivity contribution in [1.82, 2.24) is 9.80 Å². The van der Waals surface area contributed by atoms with Crippen molar-refractivity contribution in [2.75, 3.05) is 45.9 Å². The number of hydrogen-bond acceptors (Lipinski definition) is 4.